The van der Waals surface area contributed by atoms with Gasteiger partial charge in [0.25, 0.3) is 0 Å². The van der Waals surface area contributed by atoms with Crippen molar-refractivity contribution >= 4 is 39.8 Å². The SMILES string of the molecule is CCOc1ccccc1Nc1nnc(SCC(=O)NC2CCCCCC2)s1. The maximum atomic E-state index is 12.2. The average molecular weight is 407 g/mol. The lowest BCUT2D eigenvalue weighted by Crippen LogP contribution is -2.35. The molecule has 1 amide bonds. The second-order valence-corrected chi connectivity index (χ2v) is 8.67. The Hall–Kier alpha value is -1.80. The summed E-state index contributed by atoms with van der Waals surface area (Å²) in [5.41, 5.74) is 0.859. The fourth-order valence-corrected chi connectivity index (χ4v) is 4.68. The van der Waals surface area contributed by atoms with Crippen LogP contribution < -0.4 is 15.4 Å². The summed E-state index contributed by atoms with van der Waals surface area (Å²) < 4.78 is 6.39. The number of benzene rings is 1. The lowest BCUT2D eigenvalue weighted by molar-refractivity contribution is -0.119. The number of carbonyl (C=O) groups excluding carboxylic acids is 1. The van der Waals surface area contributed by atoms with Crippen LogP contribution in [-0.2, 0) is 4.79 Å². The molecule has 2 aromatic rings. The number of amides is 1. The Bertz CT molecular complexity index is 730. The van der Waals surface area contributed by atoms with E-state index in [1.54, 1.807) is 0 Å². The molecule has 1 aromatic carbocycles. The van der Waals surface area contributed by atoms with Crippen LogP contribution in [0.4, 0.5) is 10.8 Å². The van der Waals surface area contributed by atoms with E-state index in [4.69, 9.17) is 4.74 Å². The number of hydrogen-bond acceptors (Lipinski definition) is 7. The van der Waals surface area contributed by atoms with Crippen molar-refractivity contribution in [2.45, 2.75) is 55.8 Å². The van der Waals surface area contributed by atoms with Gasteiger partial charge in [-0.15, -0.1) is 10.2 Å². The van der Waals surface area contributed by atoms with E-state index in [0.717, 1.165) is 28.6 Å². The summed E-state index contributed by atoms with van der Waals surface area (Å²) >= 11 is 2.87. The molecule has 0 radical (unpaired) electrons. The molecule has 27 heavy (non-hydrogen) atoms. The van der Waals surface area contributed by atoms with Gasteiger partial charge in [0, 0.05) is 6.04 Å². The van der Waals surface area contributed by atoms with E-state index >= 15 is 0 Å². The molecule has 1 fully saturated rings. The van der Waals surface area contributed by atoms with Gasteiger partial charge in [-0.25, -0.2) is 0 Å². The van der Waals surface area contributed by atoms with Crippen molar-refractivity contribution < 1.29 is 9.53 Å². The Morgan fingerprint density at radius 3 is 2.78 bits per heavy atom. The minimum Gasteiger partial charge on any atom is -0.492 e. The molecule has 0 atom stereocenters. The molecule has 0 bridgehead atoms. The van der Waals surface area contributed by atoms with E-state index < -0.39 is 0 Å². The van der Waals surface area contributed by atoms with Gasteiger partial charge in [-0.1, -0.05) is 60.9 Å². The van der Waals surface area contributed by atoms with E-state index in [1.807, 2.05) is 31.2 Å². The molecule has 1 aromatic heterocycles. The summed E-state index contributed by atoms with van der Waals surface area (Å²) in [4.78, 5) is 12.2. The molecule has 8 heteroatoms. The minimum atomic E-state index is 0.0818. The first-order valence-electron chi connectivity index (χ1n) is 9.49. The van der Waals surface area contributed by atoms with E-state index in [2.05, 4.69) is 20.8 Å². The van der Waals surface area contributed by atoms with Crippen LogP contribution in [-0.4, -0.2) is 34.5 Å². The van der Waals surface area contributed by atoms with E-state index in [0.29, 0.717) is 23.5 Å². The number of thioether (sulfide) groups is 1. The molecule has 2 N–H and O–H groups in total. The Morgan fingerprint density at radius 2 is 2.00 bits per heavy atom. The zero-order valence-corrected chi connectivity index (χ0v) is 17.2. The van der Waals surface area contributed by atoms with Gasteiger partial charge in [0.1, 0.15) is 5.75 Å². The largest absolute Gasteiger partial charge is 0.492 e. The fraction of sp³-hybridized carbons (Fsp3) is 0.526. The monoisotopic (exact) mass is 406 g/mol. The Labute approximate surface area is 168 Å². The number of anilines is 2. The van der Waals surface area contributed by atoms with Crippen LogP contribution in [0.2, 0.25) is 0 Å². The summed E-state index contributed by atoms with van der Waals surface area (Å²) in [6.07, 6.45) is 7.20. The molecule has 3 rings (SSSR count). The maximum absolute atomic E-state index is 12.2. The normalized spacial score (nSPS) is 15.1. The van der Waals surface area contributed by atoms with E-state index in [-0.39, 0.29) is 5.91 Å². The summed E-state index contributed by atoms with van der Waals surface area (Å²) in [6, 6.07) is 8.08. The van der Waals surface area contributed by atoms with Crippen LogP contribution in [0.5, 0.6) is 5.75 Å². The molecule has 6 nitrogen and oxygen atoms in total. The summed E-state index contributed by atoms with van der Waals surface area (Å²) in [6.45, 7) is 2.56. The number of hydrogen-bond donors (Lipinski definition) is 2. The first-order valence-corrected chi connectivity index (χ1v) is 11.3. The van der Waals surface area contributed by atoms with Gasteiger partial charge in [0.15, 0.2) is 4.34 Å². The zero-order chi connectivity index (χ0) is 18.9. The Balaban J connectivity index is 1.48. The molecular weight excluding hydrogens is 380 g/mol. The third-order valence-corrected chi connectivity index (χ3v) is 6.35. The van der Waals surface area contributed by atoms with E-state index in [9.17, 15) is 4.79 Å². The van der Waals surface area contributed by atoms with Gasteiger partial charge < -0.3 is 15.4 Å². The van der Waals surface area contributed by atoms with Gasteiger partial charge in [-0.3, -0.25) is 4.79 Å². The lowest BCUT2D eigenvalue weighted by atomic mass is 10.1. The average Bonchev–Trinajstić information content (AvgIpc) is 2.96. The number of nitrogens with one attached hydrogen (secondary N) is 2. The number of aromatic nitrogens is 2. The topological polar surface area (TPSA) is 76.1 Å². The molecule has 0 spiro atoms. The number of nitrogens with zero attached hydrogens (tertiary/aromatic N) is 2. The van der Waals surface area contributed by atoms with Crippen molar-refractivity contribution in [1.82, 2.24) is 15.5 Å². The van der Waals surface area contributed by atoms with Crippen molar-refractivity contribution in [3.05, 3.63) is 24.3 Å². The van der Waals surface area contributed by atoms with Gasteiger partial charge in [-0.2, -0.15) is 0 Å². The van der Waals surface area contributed by atoms with Crippen LogP contribution in [0.25, 0.3) is 0 Å². The minimum absolute atomic E-state index is 0.0818. The second kappa shape index (κ2) is 10.5. The molecule has 1 aliphatic rings. The second-order valence-electron chi connectivity index (χ2n) is 6.47. The zero-order valence-electron chi connectivity index (χ0n) is 15.6. The molecule has 0 aliphatic heterocycles. The molecule has 146 valence electrons. The first-order chi connectivity index (χ1) is 13.2. The van der Waals surface area contributed by atoms with Crippen molar-refractivity contribution in [1.29, 1.82) is 0 Å². The third-order valence-electron chi connectivity index (χ3n) is 4.38. The predicted octanol–water partition coefficient (Wildman–Crippen LogP) is 4.61. The third kappa shape index (κ3) is 6.39. The van der Waals surface area contributed by atoms with Gasteiger partial charge >= 0.3 is 0 Å². The van der Waals surface area contributed by atoms with E-state index in [1.165, 1.54) is 48.8 Å². The fourth-order valence-electron chi connectivity index (χ4n) is 3.11. The van der Waals surface area contributed by atoms with Crippen LogP contribution in [0, 0.1) is 0 Å². The van der Waals surface area contributed by atoms with Gasteiger partial charge in [0.05, 0.1) is 18.0 Å². The predicted molar refractivity (Wildman–Crippen MR) is 111 cm³/mol. The van der Waals surface area contributed by atoms with Crippen molar-refractivity contribution in [2.24, 2.45) is 0 Å². The van der Waals surface area contributed by atoms with Crippen LogP contribution >= 0.6 is 23.1 Å². The number of rotatable bonds is 8. The smallest absolute Gasteiger partial charge is 0.230 e. The summed E-state index contributed by atoms with van der Waals surface area (Å²) in [7, 11) is 0. The maximum Gasteiger partial charge on any atom is 0.230 e. The van der Waals surface area contributed by atoms with Crippen molar-refractivity contribution in [2.75, 3.05) is 17.7 Å². The highest BCUT2D eigenvalue weighted by molar-refractivity contribution is 8.01. The molecule has 0 saturated heterocycles. The highest BCUT2D eigenvalue weighted by Crippen LogP contribution is 2.31. The van der Waals surface area contributed by atoms with Crippen molar-refractivity contribution in [3.8, 4) is 5.75 Å². The molecular formula is C19H26N4O2S2. The Morgan fingerprint density at radius 1 is 1.22 bits per heavy atom. The highest BCUT2D eigenvalue weighted by atomic mass is 32.2. The van der Waals surface area contributed by atoms with Gasteiger partial charge in [0.2, 0.25) is 11.0 Å². The standard InChI is InChI=1S/C19H26N4O2S2/c1-2-25-16-12-8-7-11-15(16)21-18-22-23-19(27-18)26-13-17(24)20-14-9-5-3-4-6-10-14/h7-8,11-12,14H,2-6,9-10,13H2,1H3,(H,20,24)(H,21,22). The van der Waals surface area contributed by atoms with Crippen molar-refractivity contribution in [3.63, 3.8) is 0 Å². The molecule has 1 saturated carbocycles. The van der Waals surface area contributed by atoms with Crippen LogP contribution in [0.3, 0.4) is 0 Å². The number of ether oxygens (including phenoxy) is 1. The van der Waals surface area contributed by atoms with Crippen LogP contribution in [0.1, 0.15) is 45.4 Å². The van der Waals surface area contributed by atoms with Crippen LogP contribution in [0.15, 0.2) is 28.6 Å². The molecule has 0 unspecified atom stereocenters. The van der Waals surface area contributed by atoms with Gasteiger partial charge in [-0.05, 0) is 31.9 Å². The highest BCUT2D eigenvalue weighted by Gasteiger charge is 2.15. The molecule has 1 heterocycles. The molecule has 1 aliphatic carbocycles. The first kappa shape index (κ1) is 19.9. The quantitative estimate of drug-likeness (QED) is 0.492. The lowest BCUT2D eigenvalue weighted by Gasteiger charge is -2.15. The summed E-state index contributed by atoms with van der Waals surface area (Å²) in [5, 5.41) is 15.4. The number of para-hydroxylation sites is 2. The Kier molecular flexibility index (Phi) is 7.77. The number of carbonyl (C=O) groups is 1. The summed E-state index contributed by atoms with van der Waals surface area (Å²) in [5.74, 6) is 1.24.